The van der Waals surface area contributed by atoms with E-state index in [0.717, 1.165) is 50.8 Å². The zero-order valence-electron chi connectivity index (χ0n) is 17.6. The number of carbonyl (C=O) groups excluding carboxylic acids is 1. The van der Waals surface area contributed by atoms with E-state index in [-0.39, 0.29) is 11.5 Å². The van der Waals surface area contributed by atoms with Gasteiger partial charge < -0.3 is 10.3 Å². The Morgan fingerprint density at radius 1 is 1.16 bits per heavy atom. The number of nitrogens with zero attached hydrogens (tertiary/aromatic N) is 2. The van der Waals surface area contributed by atoms with Crippen molar-refractivity contribution in [2.24, 2.45) is 0 Å². The summed E-state index contributed by atoms with van der Waals surface area (Å²) in [6.07, 6.45) is 4.15. The Morgan fingerprint density at radius 2 is 2.03 bits per heavy atom. The molecular weight excluding hydrogens is 428 g/mol. The first-order valence-electron chi connectivity index (χ1n) is 10.9. The Kier molecular flexibility index (Phi) is 7.32. The maximum absolute atomic E-state index is 12.6. The summed E-state index contributed by atoms with van der Waals surface area (Å²) in [6.45, 7) is 4.22. The fourth-order valence-electron chi connectivity index (χ4n) is 4.07. The van der Waals surface area contributed by atoms with Crippen molar-refractivity contribution >= 4 is 40.4 Å². The summed E-state index contributed by atoms with van der Waals surface area (Å²) < 4.78 is 2.07. The number of para-hydroxylation sites is 1. The molecule has 0 bridgehead atoms. The highest BCUT2D eigenvalue weighted by Gasteiger charge is 2.16. The van der Waals surface area contributed by atoms with Crippen LogP contribution in [0.3, 0.4) is 0 Å². The summed E-state index contributed by atoms with van der Waals surface area (Å²) in [4.78, 5) is 31.8. The minimum absolute atomic E-state index is 0.0515. The van der Waals surface area contributed by atoms with Crippen molar-refractivity contribution in [1.29, 1.82) is 0 Å². The maximum Gasteiger partial charge on any atom is 0.262 e. The van der Waals surface area contributed by atoms with Crippen molar-refractivity contribution < 1.29 is 4.79 Å². The van der Waals surface area contributed by atoms with E-state index in [1.165, 1.54) is 10.4 Å². The topological polar surface area (TPSA) is 70.1 Å². The third-order valence-corrected chi connectivity index (χ3v) is 7.16. The van der Waals surface area contributed by atoms with E-state index < -0.39 is 0 Å². The van der Waals surface area contributed by atoms with Crippen LogP contribution in [0.5, 0.6) is 0 Å². The fourth-order valence-corrected chi connectivity index (χ4v) is 5.25. The molecule has 164 valence electrons. The molecule has 1 aromatic carbocycles. The van der Waals surface area contributed by atoms with Crippen LogP contribution in [0.15, 0.2) is 40.5 Å². The number of hydrogen-bond donors (Lipinski definition) is 2. The van der Waals surface area contributed by atoms with Gasteiger partial charge in [0.25, 0.3) is 5.56 Å². The molecule has 2 N–H and O–H groups in total. The van der Waals surface area contributed by atoms with E-state index in [0.29, 0.717) is 29.7 Å². The van der Waals surface area contributed by atoms with Crippen molar-refractivity contribution in [3.8, 4) is 0 Å². The Bertz CT molecular complexity index is 1160. The SMILES string of the molecule is O=C(CCCCCn1c(=S)[nH]c2ccccc2c1=O)NCCN1CCc2sccc2C1. The van der Waals surface area contributed by atoms with Gasteiger partial charge in [-0.25, -0.2) is 0 Å². The molecule has 0 saturated heterocycles. The number of aromatic amines is 1. The van der Waals surface area contributed by atoms with Gasteiger partial charge in [-0.1, -0.05) is 18.6 Å². The van der Waals surface area contributed by atoms with Gasteiger partial charge in [-0.3, -0.25) is 19.1 Å². The predicted molar refractivity (Wildman–Crippen MR) is 128 cm³/mol. The molecule has 0 aliphatic carbocycles. The largest absolute Gasteiger partial charge is 0.355 e. The van der Waals surface area contributed by atoms with Crippen molar-refractivity contribution in [1.82, 2.24) is 19.8 Å². The van der Waals surface area contributed by atoms with Crippen LogP contribution in [-0.2, 0) is 24.3 Å². The molecule has 6 nitrogen and oxygen atoms in total. The fraction of sp³-hybridized carbons (Fsp3) is 0.435. The van der Waals surface area contributed by atoms with E-state index in [9.17, 15) is 9.59 Å². The molecule has 0 unspecified atom stereocenters. The molecule has 2 aromatic heterocycles. The lowest BCUT2D eigenvalue weighted by molar-refractivity contribution is -0.121. The smallest absolute Gasteiger partial charge is 0.262 e. The first kappa shape index (κ1) is 21.9. The lowest BCUT2D eigenvalue weighted by atomic mass is 10.1. The summed E-state index contributed by atoms with van der Waals surface area (Å²) in [5.41, 5.74) is 2.16. The molecule has 0 saturated carbocycles. The first-order valence-corrected chi connectivity index (χ1v) is 12.2. The number of fused-ring (bicyclic) bond motifs is 2. The second-order valence-corrected chi connectivity index (χ2v) is 9.38. The van der Waals surface area contributed by atoms with Gasteiger partial charge in [-0.15, -0.1) is 11.3 Å². The maximum atomic E-state index is 12.6. The minimum Gasteiger partial charge on any atom is -0.355 e. The van der Waals surface area contributed by atoms with Gasteiger partial charge in [0.2, 0.25) is 5.91 Å². The molecule has 1 aliphatic heterocycles. The number of hydrogen-bond acceptors (Lipinski definition) is 5. The monoisotopic (exact) mass is 456 g/mol. The normalized spacial score (nSPS) is 13.9. The van der Waals surface area contributed by atoms with Crippen LogP contribution in [0, 0.1) is 4.77 Å². The van der Waals surface area contributed by atoms with Gasteiger partial charge in [-0.2, -0.15) is 0 Å². The number of benzene rings is 1. The second kappa shape index (κ2) is 10.3. The number of thiophene rings is 1. The Hall–Kier alpha value is -2.29. The summed E-state index contributed by atoms with van der Waals surface area (Å²) in [7, 11) is 0. The standard InChI is InChI=1S/C23H28N4O2S2/c28-21(24-11-14-26-13-9-20-17(16-26)10-15-31-20)8-2-1-5-12-27-22(29)18-6-3-4-7-19(18)25-23(27)30/h3-4,6-7,10,15H,1-2,5,8-9,11-14,16H2,(H,24,28)(H,25,30). The lowest BCUT2D eigenvalue weighted by Crippen LogP contribution is -2.37. The molecule has 0 atom stereocenters. The van der Waals surface area contributed by atoms with Crippen LogP contribution in [0.1, 0.15) is 36.1 Å². The van der Waals surface area contributed by atoms with Crippen molar-refractivity contribution in [3.05, 3.63) is 61.3 Å². The van der Waals surface area contributed by atoms with E-state index in [2.05, 4.69) is 26.6 Å². The molecule has 1 aliphatic rings. The van der Waals surface area contributed by atoms with Crippen LogP contribution in [-0.4, -0.2) is 40.0 Å². The molecule has 3 aromatic rings. The first-order chi connectivity index (χ1) is 15.1. The van der Waals surface area contributed by atoms with E-state index in [1.54, 1.807) is 4.57 Å². The highest BCUT2D eigenvalue weighted by Crippen LogP contribution is 2.23. The second-order valence-electron chi connectivity index (χ2n) is 7.99. The number of H-pyrrole nitrogens is 1. The third kappa shape index (κ3) is 5.50. The molecule has 0 fully saturated rings. The summed E-state index contributed by atoms with van der Waals surface area (Å²) in [5, 5.41) is 5.86. The van der Waals surface area contributed by atoms with E-state index >= 15 is 0 Å². The number of rotatable bonds is 9. The van der Waals surface area contributed by atoms with Crippen molar-refractivity contribution in [2.45, 2.75) is 45.2 Å². The summed E-state index contributed by atoms with van der Waals surface area (Å²) >= 11 is 7.19. The molecule has 4 rings (SSSR count). The predicted octanol–water partition coefficient (Wildman–Crippen LogP) is 3.86. The van der Waals surface area contributed by atoms with Crippen molar-refractivity contribution in [3.63, 3.8) is 0 Å². The number of nitrogens with one attached hydrogen (secondary N) is 2. The van der Waals surface area contributed by atoms with Gasteiger partial charge in [0.05, 0.1) is 10.9 Å². The lowest BCUT2D eigenvalue weighted by Gasteiger charge is -2.26. The van der Waals surface area contributed by atoms with Crippen LogP contribution in [0.4, 0.5) is 0 Å². The van der Waals surface area contributed by atoms with Crippen LogP contribution in [0.2, 0.25) is 0 Å². The highest BCUT2D eigenvalue weighted by atomic mass is 32.1. The Balaban J connectivity index is 1.14. The minimum atomic E-state index is -0.0515. The third-order valence-electron chi connectivity index (χ3n) is 5.81. The highest BCUT2D eigenvalue weighted by molar-refractivity contribution is 7.71. The Labute approximate surface area is 190 Å². The summed E-state index contributed by atoms with van der Waals surface area (Å²) in [6, 6.07) is 9.62. The van der Waals surface area contributed by atoms with E-state index in [4.69, 9.17) is 12.2 Å². The number of carbonyl (C=O) groups is 1. The zero-order valence-corrected chi connectivity index (χ0v) is 19.2. The van der Waals surface area contributed by atoms with Gasteiger partial charge >= 0.3 is 0 Å². The van der Waals surface area contributed by atoms with Crippen LogP contribution >= 0.6 is 23.6 Å². The average Bonchev–Trinajstić information content (AvgIpc) is 3.23. The van der Waals surface area contributed by atoms with Gasteiger partial charge in [0.15, 0.2) is 4.77 Å². The molecule has 0 spiro atoms. The Morgan fingerprint density at radius 3 is 2.94 bits per heavy atom. The molecule has 1 amide bonds. The number of unbranched alkanes of at least 4 members (excludes halogenated alkanes) is 2. The van der Waals surface area contributed by atoms with Crippen molar-refractivity contribution in [2.75, 3.05) is 19.6 Å². The molecule has 31 heavy (non-hydrogen) atoms. The van der Waals surface area contributed by atoms with Crippen LogP contribution in [0.25, 0.3) is 10.9 Å². The number of aromatic nitrogens is 2. The summed E-state index contributed by atoms with van der Waals surface area (Å²) in [5.74, 6) is 0.105. The van der Waals surface area contributed by atoms with E-state index in [1.807, 2.05) is 35.6 Å². The van der Waals surface area contributed by atoms with Gasteiger partial charge in [0, 0.05) is 44.0 Å². The number of amides is 1. The molecule has 8 heteroatoms. The average molecular weight is 457 g/mol. The molecule has 3 heterocycles. The quantitative estimate of drug-likeness (QED) is 0.379. The van der Waals surface area contributed by atoms with Crippen LogP contribution < -0.4 is 10.9 Å². The zero-order chi connectivity index (χ0) is 21.6. The van der Waals surface area contributed by atoms with Gasteiger partial charge in [-0.05, 0) is 60.6 Å². The molecular formula is C23H28N4O2S2. The molecule has 0 radical (unpaired) electrons. The van der Waals surface area contributed by atoms with Gasteiger partial charge in [0.1, 0.15) is 0 Å².